The van der Waals surface area contributed by atoms with Crippen LogP contribution in [0.3, 0.4) is 0 Å². The molecule has 0 unspecified atom stereocenters. The maximum atomic E-state index is 12.0. The number of rotatable bonds is 5. The molecule has 0 saturated carbocycles. The molecule has 0 spiro atoms. The molecule has 5 nitrogen and oxygen atoms in total. The van der Waals surface area contributed by atoms with E-state index in [-0.39, 0.29) is 5.91 Å². The molecule has 19 heavy (non-hydrogen) atoms. The molecule has 7 heteroatoms. The Hall–Kier alpha value is -1.47. The number of carbonyl (C=O) groups is 1. The van der Waals surface area contributed by atoms with Crippen LogP contribution >= 0.6 is 23.1 Å². The fourth-order valence-corrected chi connectivity index (χ4v) is 3.46. The first kappa shape index (κ1) is 14.0. The lowest BCUT2D eigenvalue weighted by atomic mass is 10.4. The highest BCUT2D eigenvalue weighted by Crippen LogP contribution is 2.30. The molecule has 0 atom stereocenters. The molecule has 102 valence electrons. The summed E-state index contributed by atoms with van der Waals surface area (Å²) in [6, 6.07) is 3.66. The van der Waals surface area contributed by atoms with Gasteiger partial charge in [0.05, 0.1) is 28.5 Å². The quantitative estimate of drug-likeness (QED) is 0.858. The second kappa shape index (κ2) is 6.12. The van der Waals surface area contributed by atoms with Gasteiger partial charge in [0.1, 0.15) is 5.76 Å². The van der Waals surface area contributed by atoms with Crippen LogP contribution in [0.25, 0.3) is 0 Å². The topological polar surface area (TPSA) is 72.4 Å². The van der Waals surface area contributed by atoms with Crippen LogP contribution in [-0.2, 0) is 11.3 Å². The van der Waals surface area contributed by atoms with E-state index in [1.807, 2.05) is 19.1 Å². The number of aromatic nitrogens is 1. The number of aryl methyl sites for hydroxylation is 1. The maximum Gasteiger partial charge on any atom is 0.233 e. The number of anilines is 1. The van der Waals surface area contributed by atoms with Crippen molar-refractivity contribution in [1.29, 1.82) is 0 Å². The molecule has 2 aromatic rings. The third kappa shape index (κ3) is 3.74. The molecule has 0 aliphatic heterocycles. The summed E-state index contributed by atoms with van der Waals surface area (Å²) in [6.07, 6.45) is 1.60. The van der Waals surface area contributed by atoms with Gasteiger partial charge in [-0.25, -0.2) is 4.98 Å². The van der Waals surface area contributed by atoms with E-state index in [0.29, 0.717) is 17.4 Å². The second-order valence-corrected chi connectivity index (χ2v) is 6.32. The molecule has 1 amide bonds. The smallest absolute Gasteiger partial charge is 0.233 e. The Bertz CT molecular complexity index is 551. The first-order valence-electron chi connectivity index (χ1n) is 5.68. The molecule has 0 bridgehead atoms. The van der Waals surface area contributed by atoms with Crippen LogP contribution in [0.5, 0.6) is 0 Å². The third-order valence-corrected chi connectivity index (χ3v) is 4.83. The van der Waals surface area contributed by atoms with Crippen molar-refractivity contribution in [2.75, 3.05) is 18.5 Å². The zero-order valence-electron chi connectivity index (χ0n) is 10.8. The minimum atomic E-state index is 0.0489. The molecular weight excluding hydrogens is 282 g/mol. The lowest BCUT2D eigenvalue weighted by Gasteiger charge is -2.15. The van der Waals surface area contributed by atoms with Gasteiger partial charge in [0, 0.05) is 7.05 Å². The van der Waals surface area contributed by atoms with Gasteiger partial charge in [-0.2, -0.15) is 0 Å². The molecule has 0 saturated heterocycles. The molecule has 0 fully saturated rings. The summed E-state index contributed by atoms with van der Waals surface area (Å²) in [4.78, 5) is 17.8. The van der Waals surface area contributed by atoms with Crippen LogP contribution < -0.4 is 5.73 Å². The van der Waals surface area contributed by atoms with Gasteiger partial charge in [0.15, 0.2) is 5.13 Å². The summed E-state index contributed by atoms with van der Waals surface area (Å²) >= 11 is 2.88. The van der Waals surface area contributed by atoms with Gasteiger partial charge in [-0.3, -0.25) is 4.79 Å². The first-order valence-corrected chi connectivity index (χ1v) is 7.48. The molecule has 2 N–H and O–H groups in total. The van der Waals surface area contributed by atoms with E-state index in [0.717, 1.165) is 15.7 Å². The summed E-state index contributed by atoms with van der Waals surface area (Å²) in [5, 5.41) is 0.538. The number of hydrogen-bond donors (Lipinski definition) is 1. The number of carbonyl (C=O) groups excluding carboxylic acids is 1. The minimum absolute atomic E-state index is 0.0489. The van der Waals surface area contributed by atoms with Crippen molar-refractivity contribution in [2.24, 2.45) is 0 Å². The largest absolute Gasteiger partial charge is 0.467 e. The van der Waals surface area contributed by atoms with Gasteiger partial charge < -0.3 is 15.1 Å². The van der Waals surface area contributed by atoms with E-state index in [2.05, 4.69) is 4.98 Å². The number of nitrogens with zero attached hydrogens (tertiary/aromatic N) is 2. The van der Waals surface area contributed by atoms with Crippen LogP contribution in [0.1, 0.15) is 11.5 Å². The summed E-state index contributed by atoms with van der Waals surface area (Å²) in [7, 11) is 1.76. The normalized spacial score (nSPS) is 10.6. The van der Waals surface area contributed by atoms with Gasteiger partial charge >= 0.3 is 0 Å². The SMILES string of the molecule is Cc1nc(N)sc1SCC(=O)N(C)Cc1ccco1. The molecule has 2 heterocycles. The number of thiazole rings is 1. The van der Waals surface area contributed by atoms with Gasteiger partial charge in [0.25, 0.3) is 0 Å². The van der Waals surface area contributed by atoms with Crippen LogP contribution in [0, 0.1) is 6.92 Å². The lowest BCUT2D eigenvalue weighted by Crippen LogP contribution is -2.27. The van der Waals surface area contributed by atoms with Gasteiger partial charge in [-0.05, 0) is 19.1 Å². The molecule has 0 radical (unpaired) electrons. The average Bonchev–Trinajstić information content (AvgIpc) is 2.96. The van der Waals surface area contributed by atoms with E-state index in [9.17, 15) is 4.79 Å². The lowest BCUT2D eigenvalue weighted by molar-refractivity contribution is -0.127. The van der Waals surface area contributed by atoms with E-state index < -0.39 is 0 Å². The van der Waals surface area contributed by atoms with Crippen molar-refractivity contribution in [3.05, 3.63) is 29.9 Å². The molecule has 0 aliphatic rings. The van der Waals surface area contributed by atoms with E-state index in [4.69, 9.17) is 10.2 Å². The monoisotopic (exact) mass is 297 g/mol. The van der Waals surface area contributed by atoms with Gasteiger partial charge in [-0.15, -0.1) is 11.8 Å². The van der Waals surface area contributed by atoms with Crippen LogP contribution in [0.15, 0.2) is 27.0 Å². The number of nitrogens with two attached hydrogens (primary N) is 1. The second-order valence-electron chi connectivity index (χ2n) is 4.04. The van der Waals surface area contributed by atoms with Crippen LogP contribution in [0.4, 0.5) is 5.13 Å². The first-order chi connectivity index (χ1) is 9.06. The van der Waals surface area contributed by atoms with Gasteiger partial charge in [0.2, 0.25) is 5.91 Å². The maximum absolute atomic E-state index is 12.0. The number of hydrogen-bond acceptors (Lipinski definition) is 6. The Balaban J connectivity index is 1.85. The van der Waals surface area contributed by atoms with Crippen molar-refractivity contribution in [3.8, 4) is 0 Å². The van der Waals surface area contributed by atoms with Crippen LogP contribution in [-0.4, -0.2) is 28.6 Å². The van der Waals surface area contributed by atoms with Crippen molar-refractivity contribution in [2.45, 2.75) is 17.7 Å². The molecular formula is C12H15N3O2S2. The Morgan fingerprint density at radius 3 is 3.00 bits per heavy atom. The average molecular weight is 297 g/mol. The highest BCUT2D eigenvalue weighted by molar-refractivity contribution is 8.01. The molecule has 0 aromatic carbocycles. The van der Waals surface area contributed by atoms with Gasteiger partial charge in [-0.1, -0.05) is 11.3 Å². The fourth-order valence-electron chi connectivity index (χ4n) is 1.50. The Morgan fingerprint density at radius 1 is 1.63 bits per heavy atom. The highest BCUT2D eigenvalue weighted by atomic mass is 32.2. The van der Waals surface area contributed by atoms with Crippen molar-refractivity contribution < 1.29 is 9.21 Å². The summed E-state index contributed by atoms with van der Waals surface area (Å²) in [6.45, 7) is 2.38. The summed E-state index contributed by atoms with van der Waals surface area (Å²) in [5.41, 5.74) is 6.51. The van der Waals surface area contributed by atoms with E-state index in [1.54, 1.807) is 18.2 Å². The number of nitrogen functional groups attached to an aromatic ring is 1. The molecule has 2 rings (SSSR count). The predicted octanol–water partition coefficient (Wildman–Crippen LogP) is 2.38. The summed E-state index contributed by atoms with van der Waals surface area (Å²) < 4.78 is 6.21. The Morgan fingerprint density at radius 2 is 2.42 bits per heavy atom. The predicted molar refractivity (Wildman–Crippen MR) is 77.2 cm³/mol. The third-order valence-electron chi connectivity index (χ3n) is 2.50. The number of amides is 1. The highest BCUT2D eigenvalue weighted by Gasteiger charge is 2.13. The zero-order chi connectivity index (χ0) is 13.8. The fraction of sp³-hybridized carbons (Fsp3) is 0.333. The summed E-state index contributed by atoms with van der Waals surface area (Å²) in [5.74, 6) is 1.20. The standard InChI is InChI=1S/C12H15N3O2S2/c1-8-11(19-12(13)14-8)18-7-10(16)15(2)6-9-4-3-5-17-9/h3-5H,6-7H2,1-2H3,(H2,13,14). The number of furan rings is 1. The Labute approximate surface area is 119 Å². The van der Waals surface area contributed by atoms with E-state index in [1.165, 1.54) is 23.1 Å². The van der Waals surface area contributed by atoms with Crippen molar-refractivity contribution in [1.82, 2.24) is 9.88 Å². The molecule has 2 aromatic heterocycles. The van der Waals surface area contributed by atoms with Crippen molar-refractivity contribution in [3.63, 3.8) is 0 Å². The molecule has 0 aliphatic carbocycles. The number of thioether (sulfide) groups is 1. The van der Waals surface area contributed by atoms with E-state index >= 15 is 0 Å². The Kier molecular flexibility index (Phi) is 4.49. The van der Waals surface area contributed by atoms with Crippen LogP contribution in [0.2, 0.25) is 0 Å². The van der Waals surface area contributed by atoms with Crippen molar-refractivity contribution >= 4 is 34.1 Å². The zero-order valence-corrected chi connectivity index (χ0v) is 12.4. The minimum Gasteiger partial charge on any atom is -0.467 e.